The molecule has 1 aromatic carbocycles. The summed E-state index contributed by atoms with van der Waals surface area (Å²) in [5, 5.41) is 2.94. The second-order valence-electron chi connectivity index (χ2n) is 5.91. The maximum Gasteiger partial charge on any atom is 0.321 e. The molecule has 0 atom stereocenters. The average Bonchev–Trinajstić information content (AvgIpc) is 2.55. The molecule has 0 aromatic heterocycles. The lowest BCUT2D eigenvalue weighted by atomic mass is 10.2. The highest BCUT2D eigenvalue weighted by atomic mass is 16.6. The number of anilines is 1. The van der Waals surface area contributed by atoms with Gasteiger partial charge in [0.15, 0.2) is 11.5 Å². The molecule has 1 saturated heterocycles. The van der Waals surface area contributed by atoms with Gasteiger partial charge in [-0.05, 0) is 26.0 Å². The Morgan fingerprint density at radius 1 is 1.09 bits per heavy atom. The van der Waals surface area contributed by atoms with E-state index in [1.807, 2.05) is 23.1 Å². The van der Waals surface area contributed by atoms with Crippen molar-refractivity contribution in [2.45, 2.75) is 19.9 Å². The van der Waals surface area contributed by atoms with Crippen LogP contribution >= 0.6 is 0 Å². The number of piperazine rings is 1. The van der Waals surface area contributed by atoms with Crippen molar-refractivity contribution in [3.05, 3.63) is 18.2 Å². The number of nitrogens with zero attached hydrogens (tertiary/aromatic N) is 2. The first-order valence-electron chi connectivity index (χ1n) is 7.83. The molecule has 6 heteroatoms. The largest absolute Gasteiger partial charge is 0.486 e. The molecule has 0 radical (unpaired) electrons. The Bertz CT molecular complexity index is 539. The third-order valence-electron chi connectivity index (χ3n) is 4.13. The van der Waals surface area contributed by atoms with Crippen LogP contribution in [0, 0.1) is 0 Å². The topological polar surface area (TPSA) is 54.0 Å². The van der Waals surface area contributed by atoms with Crippen molar-refractivity contribution >= 4 is 11.7 Å². The van der Waals surface area contributed by atoms with E-state index in [9.17, 15) is 4.79 Å². The fourth-order valence-electron chi connectivity index (χ4n) is 2.77. The summed E-state index contributed by atoms with van der Waals surface area (Å²) in [7, 11) is 0. The van der Waals surface area contributed by atoms with Crippen molar-refractivity contribution in [2.24, 2.45) is 0 Å². The van der Waals surface area contributed by atoms with Crippen molar-refractivity contribution in [3.63, 3.8) is 0 Å². The standard InChI is InChI=1S/C16H23N3O3/c1-12(2)18-5-7-19(8-6-18)16(20)17-13-3-4-14-15(11-13)22-10-9-21-14/h3-4,11-12H,5-10H2,1-2H3,(H,17,20). The van der Waals surface area contributed by atoms with Crippen LogP contribution in [0.3, 0.4) is 0 Å². The maximum atomic E-state index is 12.3. The van der Waals surface area contributed by atoms with Crippen LogP contribution in [0.4, 0.5) is 10.5 Å². The first-order valence-corrected chi connectivity index (χ1v) is 7.83. The molecule has 0 aliphatic carbocycles. The lowest BCUT2D eigenvalue weighted by Gasteiger charge is -2.36. The Kier molecular flexibility index (Phi) is 4.38. The monoisotopic (exact) mass is 305 g/mol. The minimum Gasteiger partial charge on any atom is -0.486 e. The summed E-state index contributed by atoms with van der Waals surface area (Å²) in [5.41, 5.74) is 0.737. The molecule has 22 heavy (non-hydrogen) atoms. The zero-order chi connectivity index (χ0) is 15.5. The van der Waals surface area contributed by atoms with E-state index in [2.05, 4.69) is 24.1 Å². The van der Waals surface area contributed by atoms with Crippen LogP contribution in [0.1, 0.15) is 13.8 Å². The number of amides is 2. The Morgan fingerprint density at radius 2 is 1.77 bits per heavy atom. The molecule has 2 aliphatic heterocycles. The molecule has 0 unspecified atom stereocenters. The van der Waals surface area contributed by atoms with Gasteiger partial charge in [0.25, 0.3) is 0 Å². The van der Waals surface area contributed by atoms with E-state index < -0.39 is 0 Å². The molecule has 0 bridgehead atoms. The molecule has 1 fully saturated rings. The van der Waals surface area contributed by atoms with Crippen molar-refractivity contribution in [1.29, 1.82) is 0 Å². The van der Waals surface area contributed by atoms with Crippen LogP contribution in [0.5, 0.6) is 11.5 Å². The quantitative estimate of drug-likeness (QED) is 0.908. The smallest absolute Gasteiger partial charge is 0.321 e. The predicted octanol–water partition coefficient (Wildman–Crippen LogP) is 2.02. The molecule has 120 valence electrons. The second kappa shape index (κ2) is 6.44. The molecular formula is C16H23N3O3. The summed E-state index contributed by atoms with van der Waals surface area (Å²) in [6, 6.07) is 5.97. The Morgan fingerprint density at radius 3 is 2.45 bits per heavy atom. The van der Waals surface area contributed by atoms with E-state index in [1.54, 1.807) is 0 Å². The van der Waals surface area contributed by atoms with E-state index in [-0.39, 0.29) is 6.03 Å². The van der Waals surface area contributed by atoms with Crippen molar-refractivity contribution in [3.8, 4) is 11.5 Å². The van der Waals surface area contributed by atoms with Gasteiger partial charge in [-0.2, -0.15) is 0 Å². The van der Waals surface area contributed by atoms with E-state index in [0.29, 0.717) is 25.0 Å². The number of ether oxygens (including phenoxy) is 2. The van der Waals surface area contributed by atoms with Gasteiger partial charge in [0.1, 0.15) is 13.2 Å². The highest BCUT2D eigenvalue weighted by Gasteiger charge is 2.22. The molecule has 0 spiro atoms. The maximum absolute atomic E-state index is 12.3. The predicted molar refractivity (Wildman–Crippen MR) is 84.7 cm³/mol. The zero-order valence-electron chi connectivity index (χ0n) is 13.2. The van der Waals surface area contributed by atoms with E-state index in [1.165, 1.54) is 0 Å². The minimum absolute atomic E-state index is 0.0555. The number of urea groups is 1. The van der Waals surface area contributed by atoms with Gasteiger partial charge in [-0.1, -0.05) is 0 Å². The van der Waals surface area contributed by atoms with Crippen molar-refractivity contribution in [2.75, 3.05) is 44.7 Å². The fraction of sp³-hybridized carbons (Fsp3) is 0.562. The van der Waals surface area contributed by atoms with Crippen LogP contribution in [0.2, 0.25) is 0 Å². The van der Waals surface area contributed by atoms with Gasteiger partial charge >= 0.3 is 6.03 Å². The number of rotatable bonds is 2. The number of nitrogens with one attached hydrogen (secondary N) is 1. The fourth-order valence-corrected chi connectivity index (χ4v) is 2.77. The van der Waals surface area contributed by atoms with E-state index in [4.69, 9.17) is 9.47 Å². The minimum atomic E-state index is -0.0555. The summed E-state index contributed by atoms with van der Waals surface area (Å²) in [6.45, 7) is 8.85. The molecule has 0 saturated carbocycles. The van der Waals surface area contributed by atoms with Crippen LogP contribution in [0.25, 0.3) is 0 Å². The SMILES string of the molecule is CC(C)N1CCN(C(=O)Nc2ccc3c(c2)OCCO3)CC1. The summed E-state index contributed by atoms with van der Waals surface area (Å²) >= 11 is 0. The molecular weight excluding hydrogens is 282 g/mol. The first kappa shape index (κ1) is 15.0. The van der Waals surface area contributed by atoms with Crippen molar-refractivity contribution in [1.82, 2.24) is 9.80 Å². The highest BCUT2D eigenvalue weighted by Crippen LogP contribution is 2.32. The number of hydrogen-bond acceptors (Lipinski definition) is 4. The summed E-state index contributed by atoms with van der Waals surface area (Å²) in [6.07, 6.45) is 0. The van der Waals surface area contributed by atoms with Crippen LogP contribution in [-0.2, 0) is 0 Å². The first-order chi connectivity index (χ1) is 10.6. The van der Waals surface area contributed by atoms with Crippen molar-refractivity contribution < 1.29 is 14.3 Å². The molecule has 2 heterocycles. The second-order valence-corrected chi connectivity index (χ2v) is 5.91. The number of benzene rings is 1. The normalized spacial score (nSPS) is 18.4. The third kappa shape index (κ3) is 3.27. The Hall–Kier alpha value is -1.95. The van der Waals surface area contributed by atoms with Gasteiger partial charge in [-0.3, -0.25) is 4.90 Å². The summed E-state index contributed by atoms with van der Waals surface area (Å²) < 4.78 is 11.0. The molecule has 1 N–H and O–H groups in total. The Balaban J connectivity index is 1.58. The van der Waals surface area contributed by atoms with Crippen LogP contribution in [0.15, 0.2) is 18.2 Å². The molecule has 1 aromatic rings. The lowest BCUT2D eigenvalue weighted by molar-refractivity contribution is 0.125. The molecule has 2 amide bonds. The zero-order valence-corrected chi connectivity index (χ0v) is 13.2. The number of hydrogen-bond donors (Lipinski definition) is 1. The van der Waals surface area contributed by atoms with Gasteiger partial charge in [-0.25, -0.2) is 4.79 Å². The Labute approximate surface area is 131 Å². The number of carbonyl (C=O) groups excluding carboxylic acids is 1. The average molecular weight is 305 g/mol. The van der Waals surface area contributed by atoms with Crippen LogP contribution < -0.4 is 14.8 Å². The van der Waals surface area contributed by atoms with E-state index >= 15 is 0 Å². The van der Waals surface area contributed by atoms with Gasteiger partial charge in [0.05, 0.1) is 0 Å². The van der Waals surface area contributed by atoms with Gasteiger partial charge in [-0.15, -0.1) is 0 Å². The van der Waals surface area contributed by atoms with Gasteiger partial charge in [0.2, 0.25) is 0 Å². The number of fused-ring (bicyclic) bond motifs is 1. The molecule has 6 nitrogen and oxygen atoms in total. The third-order valence-corrected chi connectivity index (χ3v) is 4.13. The van der Waals surface area contributed by atoms with E-state index in [0.717, 1.165) is 37.6 Å². The van der Waals surface area contributed by atoms with Gasteiger partial charge in [0, 0.05) is 44.0 Å². The lowest BCUT2D eigenvalue weighted by Crippen LogP contribution is -2.51. The summed E-state index contributed by atoms with van der Waals surface area (Å²) in [4.78, 5) is 16.6. The molecule has 2 aliphatic rings. The highest BCUT2D eigenvalue weighted by molar-refractivity contribution is 5.89. The summed E-state index contributed by atoms with van der Waals surface area (Å²) in [5.74, 6) is 1.42. The van der Waals surface area contributed by atoms with Crippen LogP contribution in [-0.4, -0.2) is 61.3 Å². The number of carbonyl (C=O) groups is 1. The van der Waals surface area contributed by atoms with Gasteiger partial charge < -0.3 is 19.7 Å². The molecule has 3 rings (SSSR count).